The van der Waals surface area contributed by atoms with Gasteiger partial charge in [0.25, 0.3) is 0 Å². The Hall–Kier alpha value is -6.26. The van der Waals surface area contributed by atoms with Crippen molar-refractivity contribution in [3.05, 3.63) is 163 Å². The largest absolute Gasteiger partial charge is 0.455 e. The van der Waals surface area contributed by atoms with Gasteiger partial charge in [-0.3, -0.25) is 0 Å². The minimum Gasteiger partial charge on any atom is -0.455 e. The Kier molecular flexibility index (Phi) is 6.54. The number of hydrogen-bond acceptors (Lipinski definition) is 2. The minimum absolute atomic E-state index is 0.831. The van der Waals surface area contributed by atoms with E-state index in [0.29, 0.717) is 0 Å². The fourth-order valence-electron chi connectivity index (χ4n) is 7.15. The van der Waals surface area contributed by atoms with Gasteiger partial charge in [-0.05, 0) is 65.1 Å². The lowest BCUT2D eigenvalue weighted by Crippen LogP contribution is -2.31. The van der Waals surface area contributed by atoms with Gasteiger partial charge in [0.15, 0.2) is 11.2 Å². The van der Waals surface area contributed by atoms with Crippen LogP contribution in [0.1, 0.15) is 5.56 Å². The van der Waals surface area contributed by atoms with Gasteiger partial charge in [-0.15, -0.1) is 0 Å². The molecule has 0 saturated heterocycles. The summed E-state index contributed by atoms with van der Waals surface area (Å²) in [5.41, 5.74) is 13.6. The highest BCUT2D eigenvalue weighted by atomic mass is 16.3. The predicted octanol–water partition coefficient (Wildman–Crippen LogP) is 10.7. The molecule has 9 rings (SSSR count). The highest BCUT2D eigenvalue weighted by Gasteiger charge is 2.31. The first kappa shape index (κ1) is 28.0. The van der Waals surface area contributed by atoms with Crippen LogP contribution >= 0.6 is 0 Å². The normalized spacial score (nSPS) is 11.5. The summed E-state index contributed by atoms with van der Waals surface area (Å²) in [7, 11) is 2.11. The van der Waals surface area contributed by atoms with Crippen molar-refractivity contribution in [1.29, 1.82) is 0 Å². The first-order valence-electron chi connectivity index (χ1n) is 16.3. The molecule has 3 heterocycles. The molecule has 0 unspecified atom stereocenters. The lowest BCUT2D eigenvalue weighted by molar-refractivity contribution is -0.647. The number of imidazole rings is 1. The molecule has 0 fully saturated rings. The molecule has 3 aromatic heterocycles. The van der Waals surface area contributed by atoms with Crippen LogP contribution < -0.4 is 4.57 Å². The third-order valence-corrected chi connectivity index (χ3v) is 9.23. The number of pyridine rings is 1. The van der Waals surface area contributed by atoms with E-state index in [2.05, 4.69) is 169 Å². The number of rotatable bonds is 5. The van der Waals surface area contributed by atoms with Crippen molar-refractivity contribution in [3.8, 4) is 50.5 Å². The van der Waals surface area contributed by atoms with Crippen molar-refractivity contribution < 1.29 is 8.98 Å². The molecule has 9 aromatic rings. The molecule has 0 radical (unpaired) electrons. The van der Waals surface area contributed by atoms with Crippen LogP contribution in [0.4, 0.5) is 0 Å². The van der Waals surface area contributed by atoms with Gasteiger partial charge in [0.05, 0.1) is 18.8 Å². The number of nitrogens with zero attached hydrogens (tertiary/aromatic N) is 3. The number of benzene rings is 6. The monoisotopic (exact) mass is 618 g/mol. The maximum atomic E-state index is 6.63. The number of fused-ring (bicyclic) bond motifs is 4. The Balaban J connectivity index is 1.47. The first-order chi connectivity index (χ1) is 23.6. The van der Waals surface area contributed by atoms with E-state index in [9.17, 15) is 0 Å². The molecule has 0 atom stereocenters. The van der Waals surface area contributed by atoms with E-state index in [-0.39, 0.29) is 0 Å². The summed E-state index contributed by atoms with van der Waals surface area (Å²) < 4.78 is 11.2. The number of para-hydroxylation sites is 2. The number of aryl methyl sites for hydroxylation is 2. The van der Waals surface area contributed by atoms with Gasteiger partial charge in [-0.2, -0.15) is 4.57 Å². The SMILES string of the molecule is Cc1cc2nc(-c3cccc4c3oc3ccccc34)n(-c3c(-c4ccccc4)cc(-c4ccccc4)cc3-c3ccccc3)c2[n+](C)c1. The topological polar surface area (TPSA) is 34.8 Å². The second-order valence-corrected chi connectivity index (χ2v) is 12.4. The van der Waals surface area contributed by atoms with Crippen LogP contribution in [-0.2, 0) is 7.05 Å². The van der Waals surface area contributed by atoms with Crippen LogP contribution in [0, 0.1) is 6.92 Å². The summed E-state index contributed by atoms with van der Waals surface area (Å²) in [4.78, 5) is 5.43. The molecule has 0 N–H and O–H groups in total. The van der Waals surface area contributed by atoms with Crippen LogP contribution in [0.3, 0.4) is 0 Å². The Morgan fingerprint density at radius 3 is 1.81 bits per heavy atom. The quantitative estimate of drug-likeness (QED) is 0.180. The summed E-state index contributed by atoms with van der Waals surface area (Å²) in [5, 5.41) is 2.17. The van der Waals surface area contributed by atoms with E-state index in [1.54, 1.807) is 0 Å². The Morgan fingerprint density at radius 2 is 1.15 bits per heavy atom. The highest BCUT2D eigenvalue weighted by molar-refractivity contribution is 6.09. The third kappa shape index (κ3) is 4.53. The summed E-state index contributed by atoms with van der Waals surface area (Å²) >= 11 is 0. The zero-order chi connectivity index (χ0) is 32.2. The maximum Gasteiger partial charge on any atom is 0.314 e. The maximum absolute atomic E-state index is 6.63. The molecule has 48 heavy (non-hydrogen) atoms. The van der Waals surface area contributed by atoms with Gasteiger partial charge in [-0.25, -0.2) is 9.55 Å². The average Bonchev–Trinajstić information content (AvgIpc) is 3.71. The standard InChI is InChI=1S/C44H32N3O/c1-29-25-39-44(46(2)28-29)47(43(45-39)36-23-14-22-35-34-21-12-13-24-40(34)48-42(35)36)41-37(31-17-8-4-9-18-31)26-33(30-15-6-3-7-16-30)27-38(41)32-19-10-5-11-20-32/h3-28H,1-2H3/q+1. The van der Waals surface area contributed by atoms with Gasteiger partial charge in [0.2, 0.25) is 5.82 Å². The number of aromatic nitrogens is 3. The van der Waals surface area contributed by atoms with E-state index in [0.717, 1.165) is 83.6 Å². The Morgan fingerprint density at radius 1 is 0.562 bits per heavy atom. The smallest absolute Gasteiger partial charge is 0.314 e. The first-order valence-corrected chi connectivity index (χ1v) is 16.3. The van der Waals surface area contributed by atoms with Crippen molar-refractivity contribution >= 4 is 33.1 Å². The van der Waals surface area contributed by atoms with Gasteiger partial charge in [0, 0.05) is 21.9 Å². The average molecular weight is 619 g/mol. The highest BCUT2D eigenvalue weighted by Crippen LogP contribution is 2.44. The molecular weight excluding hydrogens is 587 g/mol. The van der Waals surface area contributed by atoms with E-state index in [1.165, 1.54) is 5.56 Å². The fraction of sp³-hybridized carbons (Fsp3) is 0.0455. The minimum atomic E-state index is 0.831. The second-order valence-electron chi connectivity index (χ2n) is 12.4. The lowest BCUT2D eigenvalue weighted by Gasteiger charge is -2.18. The number of hydrogen-bond donors (Lipinski definition) is 0. The van der Waals surface area contributed by atoms with E-state index in [1.807, 2.05) is 12.1 Å². The van der Waals surface area contributed by atoms with Crippen molar-refractivity contribution in [1.82, 2.24) is 9.55 Å². The van der Waals surface area contributed by atoms with Crippen molar-refractivity contribution in [2.24, 2.45) is 7.05 Å². The Labute approximate surface area is 278 Å². The van der Waals surface area contributed by atoms with Crippen molar-refractivity contribution in [2.45, 2.75) is 6.92 Å². The summed E-state index contributed by atoms with van der Waals surface area (Å²) in [5.74, 6) is 0.831. The van der Waals surface area contributed by atoms with Crippen LogP contribution in [0.2, 0.25) is 0 Å². The molecule has 0 bridgehead atoms. The molecule has 6 aromatic carbocycles. The molecule has 4 heteroatoms. The molecule has 0 aliphatic carbocycles. The van der Waals surface area contributed by atoms with Crippen LogP contribution in [-0.4, -0.2) is 9.55 Å². The molecule has 0 saturated carbocycles. The molecular formula is C44H32N3O+. The fourth-order valence-corrected chi connectivity index (χ4v) is 7.15. The van der Waals surface area contributed by atoms with Gasteiger partial charge >= 0.3 is 5.65 Å². The van der Waals surface area contributed by atoms with E-state index in [4.69, 9.17) is 9.40 Å². The Bertz CT molecular complexity index is 2560. The molecule has 0 aliphatic heterocycles. The van der Waals surface area contributed by atoms with Crippen LogP contribution in [0.25, 0.3) is 83.6 Å². The van der Waals surface area contributed by atoms with E-state index < -0.39 is 0 Å². The van der Waals surface area contributed by atoms with Gasteiger partial charge < -0.3 is 4.42 Å². The summed E-state index contributed by atoms with van der Waals surface area (Å²) in [6.45, 7) is 2.12. The third-order valence-electron chi connectivity index (χ3n) is 9.23. The van der Waals surface area contributed by atoms with Crippen molar-refractivity contribution in [2.75, 3.05) is 0 Å². The molecule has 4 nitrogen and oxygen atoms in total. The second kappa shape index (κ2) is 11.2. The van der Waals surface area contributed by atoms with Crippen molar-refractivity contribution in [3.63, 3.8) is 0 Å². The summed E-state index contributed by atoms with van der Waals surface area (Å²) in [6, 6.07) is 53.5. The summed E-state index contributed by atoms with van der Waals surface area (Å²) in [6.07, 6.45) is 2.18. The number of furan rings is 1. The molecule has 0 amide bonds. The van der Waals surface area contributed by atoms with Crippen LogP contribution in [0.5, 0.6) is 0 Å². The predicted molar refractivity (Wildman–Crippen MR) is 196 cm³/mol. The lowest BCUT2D eigenvalue weighted by atomic mass is 9.90. The van der Waals surface area contributed by atoms with Crippen LogP contribution in [0.15, 0.2) is 162 Å². The zero-order valence-corrected chi connectivity index (χ0v) is 26.8. The molecule has 228 valence electrons. The molecule has 0 spiro atoms. The van der Waals surface area contributed by atoms with Gasteiger partial charge in [-0.1, -0.05) is 121 Å². The van der Waals surface area contributed by atoms with E-state index >= 15 is 0 Å². The van der Waals surface area contributed by atoms with Gasteiger partial charge in [0.1, 0.15) is 11.2 Å². The zero-order valence-electron chi connectivity index (χ0n) is 26.8. The molecule has 0 aliphatic rings.